The molecule has 2 atom stereocenters. The van der Waals surface area contributed by atoms with Crippen molar-refractivity contribution in [2.45, 2.75) is 58.7 Å². The zero-order valence-electron chi connectivity index (χ0n) is 17.4. The van der Waals surface area contributed by atoms with Gasteiger partial charge in [-0.1, -0.05) is 43.7 Å². The van der Waals surface area contributed by atoms with Crippen LogP contribution < -0.4 is 10.1 Å². The van der Waals surface area contributed by atoms with Crippen LogP contribution in [0.5, 0.6) is 5.75 Å². The predicted molar refractivity (Wildman–Crippen MR) is 113 cm³/mol. The molecule has 0 saturated heterocycles. The van der Waals surface area contributed by atoms with Gasteiger partial charge >= 0.3 is 0 Å². The van der Waals surface area contributed by atoms with Crippen LogP contribution in [0.3, 0.4) is 0 Å². The van der Waals surface area contributed by atoms with E-state index in [4.69, 9.17) is 9.47 Å². The number of carbonyl (C=O) groups is 1. The lowest BCUT2D eigenvalue weighted by Gasteiger charge is -2.37. The molecule has 1 N–H and O–H groups in total. The van der Waals surface area contributed by atoms with E-state index in [9.17, 15) is 4.79 Å². The molecule has 0 aromatic heterocycles. The molecule has 28 heavy (non-hydrogen) atoms. The predicted octanol–water partition coefficient (Wildman–Crippen LogP) is 5.42. The van der Waals surface area contributed by atoms with Gasteiger partial charge < -0.3 is 14.8 Å². The number of hydrogen-bond acceptors (Lipinski definition) is 3. The van der Waals surface area contributed by atoms with Crippen molar-refractivity contribution < 1.29 is 14.3 Å². The molecule has 1 fully saturated rings. The molecule has 4 nitrogen and oxygen atoms in total. The van der Waals surface area contributed by atoms with Crippen LogP contribution in [0.15, 0.2) is 42.5 Å². The van der Waals surface area contributed by atoms with Gasteiger partial charge in [-0.25, -0.2) is 0 Å². The zero-order valence-corrected chi connectivity index (χ0v) is 17.4. The third-order valence-corrected chi connectivity index (χ3v) is 5.70. The Morgan fingerprint density at radius 2 is 1.86 bits per heavy atom. The number of rotatable bonds is 6. The van der Waals surface area contributed by atoms with E-state index in [2.05, 4.69) is 24.4 Å². The lowest BCUT2D eigenvalue weighted by molar-refractivity contribution is -0.143. The van der Waals surface area contributed by atoms with Crippen LogP contribution in [0, 0.1) is 19.8 Å². The van der Waals surface area contributed by atoms with Gasteiger partial charge in [0.2, 0.25) is 0 Å². The minimum absolute atomic E-state index is 0.0432. The Labute approximate surface area is 168 Å². The number of benzene rings is 2. The Hall–Kier alpha value is -2.33. The second kappa shape index (κ2) is 8.78. The number of aryl methyl sites for hydroxylation is 2. The van der Waals surface area contributed by atoms with E-state index >= 15 is 0 Å². The van der Waals surface area contributed by atoms with E-state index in [-0.39, 0.29) is 5.91 Å². The summed E-state index contributed by atoms with van der Waals surface area (Å²) in [4.78, 5) is 13.0. The minimum Gasteiger partial charge on any atom is -0.488 e. The van der Waals surface area contributed by atoms with E-state index in [1.165, 1.54) is 0 Å². The second-order valence-electron chi connectivity index (χ2n) is 8.07. The van der Waals surface area contributed by atoms with E-state index in [1.54, 1.807) is 7.11 Å². The number of carbonyl (C=O) groups excluding carboxylic acids is 1. The molecule has 0 aliphatic heterocycles. The Morgan fingerprint density at radius 1 is 1.18 bits per heavy atom. The van der Waals surface area contributed by atoms with Crippen molar-refractivity contribution in [3.8, 4) is 5.75 Å². The summed E-state index contributed by atoms with van der Waals surface area (Å²) in [6.07, 6.45) is 3.72. The average Bonchev–Trinajstić information content (AvgIpc) is 2.68. The molecule has 1 aliphatic rings. The summed E-state index contributed by atoms with van der Waals surface area (Å²) < 4.78 is 11.8. The molecule has 3 rings (SSSR count). The van der Waals surface area contributed by atoms with Crippen molar-refractivity contribution >= 4 is 11.6 Å². The maximum absolute atomic E-state index is 13.0. The molecule has 0 heterocycles. The zero-order chi connectivity index (χ0) is 20.1. The molecular formula is C24H31NO3. The first-order chi connectivity index (χ1) is 13.4. The molecule has 0 bridgehead atoms. The van der Waals surface area contributed by atoms with Crippen LogP contribution in [0.25, 0.3) is 0 Å². The van der Waals surface area contributed by atoms with Gasteiger partial charge in [0, 0.05) is 12.8 Å². The molecule has 1 saturated carbocycles. The molecule has 1 amide bonds. The summed E-state index contributed by atoms with van der Waals surface area (Å²) in [6, 6.07) is 14.1. The van der Waals surface area contributed by atoms with Crippen molar-refractivity contribution in [1.82, 2.24) is 0 Å². The van der Waals surface area contributed by atoms with Crippen LogP contribution in [-0.4, -0.2) is 18.6 Å². The molecule has 150 valence electrons. The van der Waals surface area contributed by atoms with Gasteiger partial charge in [0.1, 0.15) is 18.0 Å². The van der Waals surface area contributed by atoms with Crippen LogP contribution in [0.4, 0.5) is 5.69 Å². The van der Waals surface area contributed by atoms with Crippen molar-refractivity contribution in [3.05, 3.63) is 59.2 Å². The number of methoxy groups -OCH3 is 1. The number of ether oxygens (including phenoxy) is 2. The Kier molecular flexibility index (Phi) is 6.40. The highest BCUT2D eigenvalue weighted by Crippen LogP contribution is 2.36. The van der Waals surface area contributed by atoms with Crippen molar-refractivity contribution in [1.29, 1.82) is 0 Å². The fourth-order valence-electron chi connectivity index (χ4n) is 4.21. The molecule has 0 radical (unpaired) electrons. The summed E-state index contributed by atoms with van der Waals surface area (Å²) in [6.45, 7) is 6.74. The second-order valence-corrected chi connectivity index (χ2v) is 8.07. The molecule has 2 aromatic rings. The summed E-state index contributed by atoms with van der Waals surface area (Å²) in [7, 11) is 1.65. The monoisotopic (exact) mass is 381 g/mol. The fraction of sp³-hybridized carbons (Fsp3) is 0.458. The molecule has 0 unspecified atom stereocenters. The van der Waals surface area contributed by atoms with E-state index < -0.39 is 5.60 Å². The Bertz CT molecular complexity index is 795. The van der Waals surface area contributed by atoms with Crippen LogP contribution >= 0.6 is 0 Å². The van der Waals surface area contributed by atoms with E-state index in [0.29, 0.717) is 12.5 Å². The first kappa shape index (κ1) is 20.4. The Morgan fingerprint density at radius 3 is 2.46 bits per heavy atom. The molecule has 0 spiro atoms. The van der Waals surface area contributed by atoms with Gasteiger partial charge in [-0.2, -0.15) is 0 Å². The van der Waals surface area contributed by atoms with Crippen LogP contribution in [-0.2, 0) is 16.1 Å². The standard InChI is InChI=1S/C24H31NO3/c1-17-9-8-12-24(15-17,27-4)23(26)25-21-13-18(2)22(19(3)14-21)28-16-20-10-6-5-7-11-20/h5-7,10-11,13-14,17H,8-9,12,15-16H2,1-4H3,(H,25,26)/t17-,24-/m0/s1. The maximum Gasteiger partial charge on any atom is 0.256 e. The number of amides is 1. The average molecular weight is 382 g/mol. The van der Waals surface area contributed by atoms with Gasteiger partial charge in [-0.15, -0.1) is 0 Å². The van der Waals surface area contributed by atoms with Gasteiger partial charge in [-0.3, -0.25) is 4.79 Å². The molecular weight excluding hydrogens is 350 g/mol. The number of hydrogen-bond donors (Lipinski definition) is 1. The third kappa shape index (κ3) is 4.56. The normalized spacial score (nSPS) is 21.9. The lowest BCUT2D eigenvalue weighted by Crippen LogP contribution is -2.47. The van der Waals surface area contributed by atoms with Crippen LogP contribution in [0.1, 0.15) is 49.3 Å². The lowest BCUT2D eigenvalue weighted by atomic mass is 9.78. The largest absolute Gasteiger partial charge is 0.488 e. The first-order valence-electron chi connectivity index (χ1n) is 10.1. The summed E-state index contributed by atoms with van der Waals surface area (Å²) in [5.74, 6) is 1.32. The maximum atomic E-state index is 13.0. The molecule has 2 aromatic carbocycles. The Balaban J connectivity index is 1.72. The van der Waals surface area contributed by atoms with Gasteiger partial charge in [0.15, 0.2) is 0 Å². The van der Waals surface area contributed by atoms with E-state index in [0.717, 1.165) is 53.8 Å². The smallest absolute Gasteiger partial charge is 0.256 e. The highest BCUT2D eigenvalue weighted by Gasteiger charge is 2.42. The van der Waals surface area contributed by atoms with Gasteiger partial charge in [0.25, 0.3) is 5.91 Å². The quantitative estimate of drug-likeness (QED) is 0.727. The highest BCUT2D eigenvalue weighted by molar-refractivity contribution is 5.97. The van der Waals surface area contributed by atoms with E-state index in [1.807, 2.05) is 44.2 Å². The molecule has 1 aliphatic carbocycles. The van der Waals surface area contributed by atoms with Gasteiger partial charge in [0.05, 0.1) is 0 Å². The number of anilines is 1. The van der Waals surface area contributed by atoms with Crippen molar-refractivity contribution in [2.24, 2.45) is 5.92 Å². The highest BCUT2D eigenvalue weighted by atomic mass is 16.5. The first-order valence-corrected chi connectivity index (χ1v) is 10.1. The molecule has 4 heteroatoms. The van der Waals surface area contributed by atoms with Gasteiger partial charge in [-0.05, 0) is 67.9 Å². The topological polar surface area (TPSA) is 47.6 Å². The van der Waals surface area contributed by atoms with Crippen molar-refractivity contribution in [2.75, 3.05) is 12.4 Å². The third-order valence-electron chi connectivity index (χ3n) is 5.70. The fourth-order valence-corrected chi connectivity index (χ4v) is 4.21. The SMILES string of the molecule is CO[C@@]1(C(=O)Nc2cc(C)c(OCc3ccccc3)c(C)c2)CCC[C@H](C)C1. The van der Waals surface area contributed by atoms with Crippen LogP contribution in [0.2, 0.25) is 0 Å². The summed E-state index contributed by atoms with van der Waals surface area (Å²) in [5, 5.41) is 3.09. The summed E-state index contributed by atoms with van der Waals surface area (Å²) in [5.41, 5.74) is 3.22. The number of nitrogens with one attached hydrogen (secondary N) is 1. The van der Waals surface area contributed by atoms with Crippen molar-refractivity contribution in [3.63, 3.8) is 0 Å². The minimum atomic E-state index is -0.720. The summed E-state index contributed by atoms with van der Waals surface area (Å²) >= 11 is 0.